The van der Waals surface area contributed by atoms with E-state index >= 15 is 0 Å². The number of fused-ring (bicyclic) bond motifs is 3. The molecule has 6 aromatic rings. The molecule has 6 aromatic carbocycles. The van der Waals surface area contributed by atoms with Crippen molar-refractivity contribution in [3.63, 3.8) is 0 Å². The van der Waals surface area contributed by atoms with Gasteiger partial charge in [-0.1, -0.05) is 0 Å². The SMILES string of the molecule is Cc1cc[c]([Ge]([c]2ccccc2)([c]2ccccc2)[c]2cccc(C3c4ccccc4-c4ccccc43)c2)cc1. The summed E-state index contributed by atoms with van der Waals surface area (Å²) in [5, 5.41) is 0. The molecule has 0 nitrogen and oxygen atoms in total. The van der Waals surface area contributed by atoms with Crippen molar-refractivity contribution in [3.8, 4) is 11.1 Å². The third-order valence-electron chi connectivity index (χ3n) is 8.38. The molecule has 0 aromatic heterocycles. The zero-order chi connectivity index (χ0) is 26.2. The summed E-state index contributed by atoms with van der Waals surface area (Å²) < 4.78 is 5.84. The molecule has 0 heterocycles. The van der Waals surface area contributed by atoms with Crippen molar-refractivity contribution in [1.29, 1.82) is 0 Å². The molecule has 0 aliphatic heterocycles. The monoisotopic (exact) mass is 560 g/mol. The van der Waals surface area contributed by atoms with Crippen LogP contribution in [0.2, 0.25) is 0 Å². The molecule has 0 radical (unpaired) electrons. The standard InChI is InChI=1S/C38H30Ge/c1-28-23-25-32(26-24-28)39(30-14-4-2-5-15-30,31-16-6-3-7-17-31)33-18-12-13-29(27-33)38-36-21-10-8-19-34(36)35-20-9-11-22-37(35)38/h2-27,38H,1H3. The Bertz CT molecular complexity index is 1670. The summed E-state index contributed by atoms with van der Waals surface area (Å²) in [6.07, 6.45) is 0. The fraction of sp³-hybridized carbons (Fsp3) is 0.0526. The Morgan fingerprint density at radius 2 is 0.872 bits per heavy atom. The molecule has 1 heteroatoms. The molecule has 0 atom stereocenters. The van der Waals surface area contributed by atoms with Gasteiger partial charge in [-0.2, -0.15) is 0 Å². The molecule has 0 saturated carbocycles. The van der Waals surface area contributed by atoms with Gasteiger partial charge in [0.2, 0.25) is 0 Å². The third kappa shape index (κ3) is 3.90. The summed E-state index contributed by atoms with van der Waals surface area (Å²) in [5.74, 6) is 0.238. The Hall–Kier alpha value is -4.14. The van der Waals surface area contributed by atoms with Crippen molar-refractivity contribution in [3.05, 3.63) is 180 Å². The van der Waals surface area contributed by atoms with Gasteiger partial charge in [0, 0.05) is 0 Å². The van der Waals surface area contributed by atoms with Gasteiger partial charge >= 0.3 is 235 Å². The van der Waals surface area contributed by atoms with Gasteiger partial charge in [0.1, 0.15) is 0 Å². The van der Waals surface area contributed by atoms with Crippen molar-refractivity contribution in [2.75, 3.05) is 0 Å². The van der Waals surface area contributed by atoms with E-state index in [4.69, 9.17) is 0 Å². The molecule has 0 spiro atoms. The predicted octanol–water partition coefficient (Wildman–Crippen LogP) is 6.53. The second kappa shape index (κ2) is 9.87. The molecule has 0 bridgehead atoms. The molecular weight excluding hydrogens is 529 g/mol. The summed E-state index contributed by atoms with van der Waals surface area (Å²) in [4.78, 5) is 0. The zero-order valence-electron chi connectivity index (χ0n) is 22.1. The summed E-state index contributed by atoms with van der Waals surface area (Å²) in [5.41, 5.74) is 8.21. The molecule has 1 aliphatic rings. The van der Waals surface area contributed by atoms with E-state index in [1.165, 1.54) is 51.0 Å². The van der Waals surface area contributed by atoms with Crippen LogP contribution in [0.15, 0.2) is 158 Å². The van der Waals surface area contributed by atoms with Gasteiger partial charge in [0.25, 0.3) is 0 Å². The molecule has 0 unspecified atom stereocenters. The average molecular weight is 559 g/mol. The minimum absolute atomic E-state index is 0.238. The molecule has 7 rings (SSSR count). The maximum absolute atomic E-state index is 3.34. The summed E-state index contributed by atoms with van der Waals surface area (Å²) in [6, 6.07) is 59.4. The first-order chi connectivity index (χ1) is 19.3. The molecule has 186 valence electrons. The second-order valence-electron chi connectivity index (χ2n) is 10.6. The summed E-state index contributed by atoms with van der Waals surface area (Å²) >= 11 is -3.34. The Kier molecular flexibility index (Phi) is 6.06. The van der Waals surface area contributed by atoms with E-state index in [9.17, 15) is 0 Å². The van der Waals surface area contributed by atoms with Crippen LogP contribution in [0.25, 0.3) is 11.1 Å². The molecule has 0 saturated heterocycles. The number of benzene rings is 6. The molecule has 0 amide bonds. The molecular formula is C38H30Ge. The number of aryl methyl sites for hydroxylation is 1. The molecule has 0 N–H and O–H groups in total. The van der Waals surface area contributed by atoms with Crippen molar-refractivity contribution in [2.24, 2.45) is 0 Å². The van der Waals surface area contributed by atoms with Gasteiger partial charge in [-0.15, -0.1) is 0 Å². The number of hydrogen-bond acceptors (Lipinski definition) is 0. The Balaban J connectivity index is 1.52. The minimum atomic E-state index is -3.34. The van der Waals surface area contributed by atoms with E-state index in [1.54, 1.807) is 0 Å². The molecule has 1 aliphatic carbocycles. The summed E-state index contributed by atoms with van der Waals surface area (Å²) in [7, 11) is 0. The Labute approximate surface area is 234 Å². The van der Waals surface area contributed by atoms with Crippen LogP contribution in [0.1, 0.15) is 28.2 Å². The second-order valence-corrected chi connectivity index (χ2v) is 18.6. The van der Waals surface area contributed by atoms with Crippen molar-refractivity contribution in [1.82, 2.24) is 0 Å². The van der Waals surface area contributed by atoms with Crippen LogP contribution in [-0.4, -0.2) is 13.3 Å². The zero-order valence-corrected chi connectivity index (χ0v) is 24.2. The van der Waals surface area contributed by atoms with Crippen LogP contribution in [0, 0.1) is 6.92 Å². The van der Waals surface area contributed by atoms with E-state index in [0.717, 1.165) is 0 Å². The topological polar surface area (TPSA) is 0 Å². The van der Waals surface area contributed by atoms with E-state index in [2.05, 4.69) is 165 Å². The van der Waals surface area contributed by atoms with Crippen LogP contribution in [0.4, 0.5) is 0 Å². The third-order valence-corrected chi connectivity index (χ3v) is 18.4. The average Bonchev–Trinajstić information content (AvgIpc) is 3.34. The molecule has 39 heavy (non-hydrogen) atoms. The van der Waals surface area contributed by atoms with E-state index in [-0.39, 0.29) is 5.92 Å². The normalized spacial score (nSPS) is 12.6. The first-order valence-corrected chi connectivity index (χ1v) is 17.9. The number of rotatable bonds is 5. The van der Waals surface area contributed by atoms with Crippen molar-refractivity contribution in [2.45, 2.75) is 12.8 Å². The fourth-order valence-corrected chi connectivity index (χ4v) is 16.7. The Morgan fingerprint density at radius 3 is 1.44 bits per heavy atom. The van der Waals surface area contributed by atoms with E-state index in [0.29, 0.717) is 0 Å². The van der Waals surface area contributed by atoms with Crippen molar-refractivity contribution >= 4 is 30.8 Å². The van der Waals surface area contributed by atoms with Crippen LogP contribution in [-0.2, 0) is 0 Å². The van der Waals surface area contributed by atoms with E-state index < -0.39 is 13.3 Å². The van der Waals surface area contributed by atoms with Gasteiger partial charge < -0.3 is 0 Å². The van der Waals surface area contributed by atoms with E-state index in [1.807, 2.05) is 0 Å². The van der Waals surface area contributed by atoms with Gasteiger partial charge in [-0.3, -0.25) is 0 Å². The van der Waals surface area contributed by atoms with Crippen LogP contribution in [0.5, 0.6) is 0 Å². The number of hydrogen-bond donors (Lipinski definition) is 0. The first kappa shape index (κ1) is 23.9. The van der Waals surface area contributed by atoms with Crippen LogP contribution in [0.3, 0.4) is 0 Å². The van der Waals surface area contributed by atoms with Crippen LogP contribution >= 0.6 is 0 Å². The van der Waals surface area contributed by atoms with Gasteiger partial charge in [0.15, 0.2) is 0 Å². The van der Waals surface area contributed by atoms with Gasteiger partial charge in [-0.25, -0.2) is 0 Å². The predicted molar refractivity (Wildman–Crippen MR) is 168 cm³/mol. The van der Waals surface area contributed by atoms with Crippen molar-refractivity contribution < 1.29 is 0 Å². The quantitative estimate of drug-likeness (QED) is 0.211. The van der Waals surface area contributed by atoms with Gasteiger partial charge in [0.05, 0.1) is 0 Å². The molecule has 0 fully saturated rings. The van der Waals surface area contributed by atoms with Crippen LogP contribution < -0.4 is 17.6 Å². The van der Waals surface area contributed by atoms with Gasteiger partial charge in [-0.05, 0) is 0 Å². The Morgan fingerprint density at radius 1 is 0.410 bits per heavy atom. The first-order valence-electron chi connectivity index (χ1n) is 13.7. The maximum atomic E-state index is 2.55. The fourth-order valence-electron chi connectivity index (χ4n) is 6.65. The summed E-state index contributed by atoms with van der Waals surface area (Å²) in [6.45, 7) is 2.18.